The van der Waals surface area contributed by atoms with Gasteiger partial charge in [0, 0.05) is 12.1 Å². The standard InChI is InChI=1S/C66H78N4O14S2/c1-15-17-19-21-23-25-35-79-45-39-42(32-34-44-50-52(58(74)68(44)60(76)82-64(6,7)8)54(48-30-28-38-86-48)70(56(50)72)62(78)84-66(12,13)14)46(80-36-26-24-22-20-18-16-2)40-41(45)31-33-43-49-51(57(73)67(43)59(75)81-63(3,4)5)53(47-29-27-37-85-47)69(55(49)71)61(77)83-65(9,10)11/h27-30,37-40H,15-26,35-36H2,1-14H3. The molecule has 0 fully saturated rings. The summed E-state index contributed by atoms with van der Waals surface area (Å²) in [7, 11) is 0. The summed E-state index contributed by atoms with van der Waals surface area (Å²) in [5.41, 5.74) is -5.97. The number of ether oxygens (including phenoxy) is 6. The third-order valence-corrected chi connectivity index (χ3v) is 14.8. The molecule has 18 nitrogen and oxygen atoms in total. The van der Waals surface area contributed by atoms with Crippen LogP contribution in [0.2, 0.25) is 0 Å². The fourth-order valence-corrected chi connectivity index (χ4v) is 11.0. The highest BCUT2D eigenvalue weighted by molar-refractivity contribution is 7.11. The third kappa shape index (κ3) is 15.5. The fourth-order valence-electron chi connectivity index (χ4n) is 9.44. The van der Waals surface area contributed by atoms with Gasteiger partial charge in [0.15, 0.2) is 0 Å². The van der Waals surface area contributed by atoms with Gasteiger partial charge < -0.3 is 28.4 Å². The Kier molecular flexibility index (Phi) is 20.7. The number of allylic oxidation sites excluding steroid dienone is 2. The van der Waals surface area contributed by atoms with Gasteiger partial charge in [0.2, 0.25) is 0 Å². The van der Waals surface area contributed by atoms with Crippen LogP contribution in [0.15, 0.2) is 80.8 Å². The Hall–Kier alpha value is -7.94. The molecule has 6 heterocycles. The maximum absolute atomic E-state index is 14.9. The second-order valence-electron chi connectivity index (χ2n) is 24.9. The lowest BCUT2D eigenvalue weighted by Gasteiger charge is -2.26. The van der Waals surface area contributed by atoms with E-state index in [0.717, 1.165) is 74.0 Å². The molecule has 0 saturated heterocycles. The predicted octanol–water partition coefficient (Wildman–Crippen LogP) is 14.4. The minimum Gasteiger partial charge on any atom is -0.492 e. The number of hydrogen-bond acceptors (Lipinski definition) is 16. The van der Waals surface area contributed by atoms with Gasteiger partial charge in [0.25, 0.3) is 23.6 Å². The van der Waals surface area contributed by atoms with E-state index in [1.807, 2.05) is 0 Å². The number of fused-ring (bicyclic) bond motifs is 2. The number of amides is 8. The van der Waals surface area contributed by atoms with Crippen molar-refractivity contribution < 1.29 is 66.8 Å². The molecule has 0 aliphatic carbocycles. The van der Waals surface area contributed by atoms with E-state index in [4.69, 9.17) is 28.4 Å². The lowest BCUT2D eigenvalue weighted by molar-refractivity contribution is -0.124. The van der Waals surface area contributed by atoms with E-state index in [-0.39, 0.29) is 80.9 Å². The van der Waals surface area contributed by atoms with Crippen LogP contribution < -0.4 is 9.47 Å². The first-order valence-electron chi connectivity index (χ1n) is 29.3. The van der Waals surface area contributed by atoms with Gasteiger partial charge in [-0.15, -0.1) is 22.7 Å². The Morgan fingerprint density at radius 3 is 1.02 bits per heavy atom. The van der Waals surface area contributed by atoms with Crippen molar-refractivity contribution in [3.05, 3.63) is 102 Å². The van der Waals surface area contributed by atoms with Crippen molar-refractivity contribution in [1.82, 2.24) is 19.6 Å². The smallest absolute Gasteiger partial charge is 0.422 e. The van der Waals surface area contributed by atoms with Gasteiger partial charge in [-0.1, -0.05) is 102 Å². The van der Waals surface area contributed by atoms with E-state index < -0.39 is 70.4 Å². The Morgan fingerprint density at radius 1 is 0.419 bits per heavy atom. The van der Waals surface area contributed by atoms with Crippen LogP contribution in [-0.2, 0) is 38.1 Å². The summed E-state index contributed by atoms with van der Waals surface area (Å²) in [6, 6.07) is 9.79. The molecular formula is C66H78N4O14S2. The van der Waals surface area contributed by atoms with Crippen molar-refractivity contribution >= 4 is 82.1 Å². The summed E-state index contributed by atoms with van der Waals surface area (Å²) in [5, 5.41) is 3.43. The quantitative estimate of drug-likeness (QED) is 0.0660. The van der Waals surface area contributed by atoms with Crippen LogP contribution in [0.4, 0.5) is 19.2 Å². The Bertz CT molecular complexity index is 3200. The molecule has 4 aliphatic heterocycles. The van der Waals surface area contributed by atoms with E-state index in [2.05, 4.69) is 37.5 Å². The van der Waals surface area contributed by atoms with Crippen LogP contribution in [0, 0.1) is 23.7 Å². The highest BCUT2D eigenvalue weighted by Gasteiger charge is 2.56. The number of carbonyl (C=O) groups is 8. The number of thiophene rings is 2. The molecule has 0 unspecified atom stereocenters. The molecular weight excluding hydrogens is 1140 g/mol. The topological polar surface area (TPSA) is 205 Å². The molecule has 7 rings (SSSR count). The molecule has 4 aliphatic rings. The molecule has 458 valence electrons. The highest BCUT2D eigenvalue weighted by atomic mass is 32.1. The van der Waals surface area contributed by atoms with Crippen molar-refractivity contribution in [3.63, 3.8) is 0 Å². The molecule has 8 amide bonds. The maximum Gasteiger partial charge on any atom is 0.422 e. The van der Waals surface area contributed by atoms with E-state index in [1.54, 1.807) is 130 Å². The van der Waals surface area contributed by atoms with Gasteiger partial charge in [-0.2, -0.15) is 0 Å². The van der Waals surface area contributed by atoms with Crippen molar-refractivity contribution in [3.8, 4) is 35.2 Å². The van der Waals surface area contributed by atoms with Crippen LogP contribution in [-0.4, -0.2) is 103 Å². The minimum atomic E-state index is -1.12. The molecule has 0 spiro atoms. The number of carbonyl (C=O) groups excluding carboxylic acids is 8. The average molecular weight is 1220 g/mol. The lowest BCUT2D eigenvalue weighted by Crippen LogP contribution is -2.40. The molecule has 0 saturated carbocycles. The van der Waals surface area contributed by atoms with Crippen LogP contribution in [0.5, 0.6) is 11.5 Å². The second kappa shape index (κ2) is 27.2. The zero-order chi connectivity index (χ0) is 63.1. The average Bonchev–Trinajstić information content (AvgIpc) is 1.58. The molecule has 3 aromatic rings. The van der Waals surface area contributed by atoms with Gasteiger partial charge >= 0.3 is 24.4 Å². The number of nitrogens with zero attached hydrogens (tertiary/aromatic N) is 4. The number of imide groups is 4. The largest absolute Gasteiger partial charge is 0.492 e. The van der Waals surface area contributed by atoms with Gasteiger partial charge in [0.1, 0.15) is 45.3 Å². The number of rotatable bonds is 18. The number of unbranched alkanes of at least 4 members (excludes halogenated alkanes) is 10. The van der Waals surface area contributed by atoms with Gasteiger partial charge in [-0.3, -0.25) is 19.2 Å². The zero-order valence-electron chi connectivity index (χ0n) is 51.8. The van der Waals surface area contributed by atoms with Gasteiger partial charge in [0.05, 0.1) is 67.8 Å². The van der Waals surface area contributed by atoms with Crippen LogP contribution in [0.25, 0.3) is 11.4 Å². The van der Waals surface area contributed by atoms with E-state index in [1.165, 1.54) is 22.7 Å². The molecule has 0 radical (unpaired) electrons. The fraction of sp³-hybridized carbons (Fsp3) is 0.485. The van der Waals surface area contributed by atoms with Crippen molar-refractivity contribution in [2.75, 3.05) is 13.2 Å². The first-order valence-corrected chi connectivity index (χ1v) is 31.1. The number of hydrogen-bond donors (Lipinski definition) is 0. The van der Waals surface area contributed by atoms with E-state index in [9.17, 15) is 38.4 Å². The van der Waals surface area contributed by atoms with Crippen molar-refractivity contribution in [2.45, 2.75) is 196 Å². The van der Waals surface area contributed by atoms with Gasteiger partial charge in [-0.05, 0) is 131 Å². The van der Waals surface area contributed by atoms with E-state index >= 15 is 0 Å². The van der Waals surface area contributed by atoms with Crippen LogP contribution in [0.1, 0.15) is 195 Å². The summed E-state index contributed by atoms with van der Waals surface area (Å²) < 4.78 is 36.1. The Balaban J connectivity index is 1.47. The predicted molar refractivity (Wildman–Crippen MR) is 327 cm³/mol. The number of benzene rings is 1. The van der Waals surface area contributed by atoms with E-state index in [0.29, 0.717) is 32.4 Å². The summed E-state index contributed by atoms with van der Waals surface area (Å²) in [6.45, 7) is 24.3. The summed E-state index contributed by atoms with van der Waals surface area (Å²) in [5.74, 6) is 8.61. The molecule has 0 N–H and O–H groups in total. The maximum atomic E-state index is 14.9. The normalized spacial score (nSPS) is 15.3. The lowest BCUT2D eigenvalue weighted by atomic mass is 10.1. The van der Waals surface area contributed by atoms with Crippen molar-refractivity contribution in [1.29, 1.82) is 0 Å². The van der Waals surface area contributed by atoms with Crippen LogP contribution >= 0.6 is 22.7 Å². The summed E-state index contributed by atoms with van der Waals surface area (Å²) in [4.78, 5) is 120. The molecule has 1 aromatic carbocycles. The Labute approximate surface area is 512 Å². The highest BCUT2D eigenvalue weighted by Crippen LogP contribution is 2.48. The second-order valence-corrected chi connectivity index (χ2v) is 26.8. The first-order chi connectivity index (χ1) is 40.5. The van der Waals surface area contributed by atoms with Crippen molar-refractivity contribution in [2.24, 2.45) is 0 Å². The molecule has 86 heavy (non-hydrogen) atoms. The Morgan fingerprint density at radius 2 is 0.721 bits per heavy atom. The van der Waals surface area contributed by atoms with Crippen LogP contribution in [0.3, 0.4) is 0 Å². The summed E-state index contributed by atoms with van der Waals surface area (Å²) in [6.07, 6.45) is 6.96. The first kappa shape index (κ1) is 65.6. The zero-order valence-corrected chi connectivity index (χ0v) is 53.5. The minimum absolute atomic E-state index is 0.0756. The molecule has 2 aromatic heterocycles. The molecule has 20 heteroatoms. The molecule has 0 atom stereocenters. The molecule has 0 bridgehead atoms. The monoisotopic (exact) mass is 1210 g/mol. The SMILES string of the molecule is CCCCCCCCOc1cc(C#CC2=C3C(=O)N(C(=O)OC(C)(C)C)C(c4cccs4)=C3C(=O)N2C(=O)OC(C)(C)C)c(OCCCCCCCC)cc1C#CC1=C2C(=O)N(C(=O)OC(C)(C)C)C(c3cccs3)=C2C(=O)N1C(=O)OC(C)(C)C. The third-order valence-electron chi connectivity index (χ3n) is 13.0. The summed E-state index contributed by atoms with van der Waals surface area (Å²) >= 11 is 2.33. The van der Waals surface area contributed by atoms with Gasteiger partial charge in [-0.25, -0.2) is 38.8 Å².